The quantitative estimate of drug-likeness (QED) is 0.554. The maximum atomic E-state index is 12.4. The lowest BCUT2D eigenvalue weighted by Crippen LogP contribution is -2.24. The van der Waals surface area contributed by atoms with Crippen LogP contribution in [0.15, 0.2) is 60.8 Å². The molecule has 0 aliphatic heterocycles. The second kappa shape index (κ2) is 9.21. The van der Waals surface area contributed by atoms with E-state index >= 15 is 0 Å². The number of halogens is 1. The number of hydrogen-bond donors (Lipinski definition) is 3. The fourth-order valence-electron chi connectivity index (χ4n) is 2.83. The molecule has 0 fully saturated rings. The molecule has 0 unspecified atom stereocenters. The van der Waals surface area contributed by atoms with Crippen molar-refractivity contribution < 1.29 is 19.8 Å². The van der Waals surface area contributed by atoms with Crippen molar-refractivity contribution >= 4 is 23.3 Å². The standard InChI is InChI=1S/C22H19ClN2O4/c23-17-5-6-21(28)16(11-17)12-18(26)9-14-7-8-24-19(10-14)22(29)25-13-15-3-1-2-4-20(15)27/h1-8,10-11,27-28H,9,12-13H2,(H,25,29). The number of ketones is 1. The second-order valence-corrected chi connectivity index (χ2v) is 6.96. The maximum Gasteiger partial charge on any atom is 0.270 e. The first-order chi connectivity index (χ1) is 13.9. The molecule has 0 radical (unpaired) electrons. The number of phenolic OH excluding ortho intramolecular Hbond substituents is 2. The molecule has 3 aromatic rings. The molecule has 0 saturated heterocycles. The van der Waals surface area contributed by atoms with Gasteiger partial charge in [-0.1, -0.05) is 29.8 Å². The first-order valence-corrected chi connectivity index (χ1v) is 9.29. The number of amides is 1. The van der Waals surface area contributed by atoms with Gasteiger partial charge in [0.15, 0.2) is 0 Å². The minimum Gasteiger partial charge on any atom is -0.508 e. The number of carbonyl (C=O) groups is 2. The van der Waals surface area contributed by atoms with E-state index in [1.165, 1.54) is 12.3 Å². The number of aromatic nitrogens is 1. The lowest BCUT2D eigenvalue weighted by atomic mass is 10.0. The van der Waals surface area contributed by atoms with Crippen LogP contribution in [0.25, 0.3) is 0 Å². The summed E-state index contributed by atoms with van der Waals surface area (Å²) in [6, 6.07) is 14.5. The number of para-hydroxylation sites is 1. The number of benzene rings is 2. The summed E-state index contributed by atoms with van der Waals surface area (Å²) in [5.41, 5.74) is 1.86. The van der Waals surface area contributed by atoms with Gasteiger partial charge in [0.25, 0.3) is 5.91 Å². The molecule has 7 heteroatoms. The fraction of sp³-hybridized carbons (Fsp3) is 0.136. The highest BCUT2D eigenvalue weighted by Gasteiger charge is 2.13. The maximum absolute atomic E-state index is 12.4. The molecule has 0 aliphatic carbocycles. The zero-order chi connectivity index (χ0) is 20.8. The number of rotatable bonds is 7. The summed E-state index contributed by atoms with van der Waals surface area (Å²) in [5.74, 6) is -0.421. The SMILES string of the molecule is O=C(Cc1ccnc(C(=O)NCc2ccccc2O)c1)Cc1cc(Cl)ccc1O. The summed E-state index contributed by atoms with van der Waals surface area (Å²) in [7, 11) is 0. The average Bonchev–Trinajstić information content (AvgIpc) is 2.70. The number of nitrogens with zero attached hydrogens (tertiary/aromatic N) is 1. The zero-order valence-electron chi connectivity index (χ0n) is 15.4. The third kappa shape index (κ3) is 5.56. The highest BCUT2D eigenvalue weighted by molar-refractivity contribution is 6.30. The monoisotopic (exact) mass is 410 g/mol. The van der Waals surface area contributed by atoms with Gasteiger partial charge in [-0.2, -0.15) is 0 Å². The molecule has 148 valence electrons. The Morgan fingerprint density at radius 3 is 2.48 bits per heavy atom. The molecule has 29 heavy (non-hydrogen) atoms. The van der Waals surface area contributed by atoms with Crippen molar-refractivity contribution in [2.45, 2.75) is 19.4 Å². The Labute approximate surface area is 172 Å². The van der Waals surface area contributed by atoms with Crippen molar-refractivity contribution in [3.63, 3.8) is 0 Å². The summed E-state index contributed by atoms with van der Waals surface area (Å²) < 4.78 is 0. The topological polar surface area (TPSA) is 99.5 Å². The molecule has 0 atom stereocenters. The molecule has 1 aromatic heterocycles. The lowest BCUT2D eigenvalue weighted by Gasteiger charge is -2.08. The highest BCUT2D eigenvalue weighted by atomic mass is 35.5. The van der Waals surface area contributed by atoms with E-state index < -0.39 is 5.91 Å². The van der Waals surface area contributed by atoms with Gasteiger partial charge in [-0.05, 0) is 42.0 Å². The van der Waals surface area contributed by atoms with Gasteiger partial charge in [-0.3, -0.25) is 14.6 Å². The minimum atomic E-state index is -0.407. The molecule has 0 bridgehead atoms. The number of Topliss-reactive ketones (excluding diaryl/α,β-unsaturated/α-hetero) is 1. The van der Waals surface area contributed by atoms with E-state index in [2.05, 4.69) is 10.3 Å². The largest absolute Gasteiger partial charge is 0.508 e. The Morgan fingerprint density at radius 2 is 1.69 bits per heavy atom. The number of hydrogen-bond acceptors (Lipinski definition) is 5. The van der Waals surface area contributed by atoms with Crippen LogP contribution in [0, 0.1) is 0 Å². The Balaban J connectivity index is 1.62. The summed E-state index contributed by atoms with van der Waals surface area (Å²) >= 11 is 5.91. The molecule has 2 aromatic carbocycles. The molecular formula is C22H19ClN2O4. The molecule has 3 rings (SSSR count). The molecular weight excluding hydrogens is 392 g/mol. The van der Waals surface area contributed by atoms with Crippen LogP contribution in [0.1, 0.15) is 27.2 Å². The Hall–Kier alpha value is -3.38. The molecule has 1 amide bonds. The van der Waals surface area contributed by atoms with E-state index in [9.17, 15) is 19.8 Å². The Morgan fingerprint density at radius 1 is 0.931 bits per heavy atom. The smallest absolute Gasteiger partial charge is 0.270 e. The van der Waals surface area contributed by atoms with Crippen molar-refractivity contribution in [3.8, 4) is 11.5 Å². The van der Waals surface area contributed by atoms with Crippen molar-refractivity contribution in [3.05, 3.63) is 88.2 Å². The predicted molar refractivity (Wildman–Crippen MR) is 109 cm³/mol. The van der Waals surface area contributed by atoms with Crippen molar-refractivity contribution in [2.24, 2.45) is 0 Å². The van der Waals surface area contributed by atoms with Crippen LogP contribution in [-0.2, 0) is 24.2 Å². The van der Waals surface area contributed by atoms with Gasteiger partial charge in [0.05, 0.1) is 0 Å². The van der Waals surface area contributed by atoms with Gasteiger partial charge >= 0.3 is 0 Å². The molecule has 6 nitrogen and oxygen atoms in total. The summed E-state index contributed by atoms with van der Waals surface area (Å²) in [5, 5.41) is 22.8. The first-order valence-electron chi connectivity index (χ1n) is 8.91. The zero-order valence-corrected chi connectivity index (χ0v) is 16.2. The van der Waals surface area contributed by atoms with Gasteiger partial charge in [0.2, 0.25) is 0 Å². The fourth-order valence-corrected chi connectivity index (χ4v) is 3.03. The van der Waals surface area contributed by atoms with Gasteiger partial charge in [0, 0.05) is 41.7 Å². The van der Waals surface area contributed by atoms with E-state index in [0.29, 0.717) is 21.7 Å². The molecule has 3 N–H and O–H groups in total. The number of aromatic hydroxyl groups is 2. The van der Waals surface area contributed by atoms with Gasteiger partial charge in [0.1, 0.15) is 23.0 Å². The number of nitrogens with one attached hydrogen (secondary N) is 1. The average molecular weight is 411 g/mol. The van der Waals surface area contributed by atoms with Crippen LogP contribution in [0.2, 0.25) is 5.02 Å². The third-order valence-electron chi connectivity index (χ3n) is 4.32. The Bertz CT molecular complexity index is 1050. The van der Waals surface area contributed by atoms with Gasteiger partial charge < -0.3 is 15.5 Å². The normalized spacial score (nSPS) is 10.5. The number of carbonyl (C=O) groups excluding carboxylic acids is 2. The Kier molecular flexibility index (Phi) is 6.46. The van der Waals surface area contributed by atoms with Crippen LogP contribution < -0.4 is 5.32 Å². The van der Waals surface area contributed by atoms with Crippen molar-refractivity contribution in [2.75, 3.05) is 0 Å². The molecule has 0 spiro atoms. The van der Waals surface area contributed by atoms with Crippen molar-refractivity contribution in [1.29, 1.82) is 0 Å². The van der Waals surface area contributed by atoms with Crippen LogP contribution >= 0.6 is 11.6 Å². The summed E-state index contributed by atoms with van der Waals surface area (Å²) in [4.78, 5) is 28.8. The van der Waals surface area contributed by atoms with Gasteiger partial charge in [-0.25, -0.2) is 0 Å². The molecule has 1 heterocycles. The van der Waals surface area contributed by atoms with E-state index in [4.69, 9.17) is 11.6 Å². The minimum absolute atomic E-state index is 0.0155. The summed E-state index contributed by atoms with van der Waals surface area (Å²) in [6.07, 6.45) is 1.59. The predicted octanol–water partition coefficient (Wildman–Crippen LogP) is 3.43. The van der Waals surface area contributed by atoms with Crippen LogP contribution in [0.4, 0.5) is 0 Å². The number of pyridine rings is 1. The third-order valence-corrected chi connectivity index (χ3v) is 4.55. The van der Waals surface area contributed by atoms with E-state index in [-0.39, 0.29) is 42.4 Å². The van der Waals surface area contributed by atoms with E-state index in [1.54, 1.807) is 48.5 Å². The van der Waals surface area contributed by atoms with E-state index in [1.807, 2.05) is 0 Å². The van der Waals surface area contributed by atoms with E-state index in [0.717, 1.165) is 0 Å². The highest BCUT2D eigenvalue weighted by Crippen LogP contribution is 2.22. The molecule has 0 saturated carbocycles. The summed E-state index contributed by atoms with van der Waals surface area (Å²) in [6.45, 7) is 0.157. The van der Waals surface area contributed by atoms with Crippen molar-refractivity contribution in [1.82, 2.24) is 10.3 Å². The van der Waals surface area contributed by atoms with Gasteiger partial charge in [-0.15, -0.1) is 0 Å². The van der Waals surface area contributed by atoms with Crippen LogP contribution in [0.5, 0.6) is 11.5 Å². The van der Waals surface area contributed by atoms with Crippen LogP contribution in [-0.4, -0.2) is 26.9 Å². The molecule has 0 aliphatic rings. The first kappa shape index (κ1) is 20.4. The van der Waals surface area contributed by atoms with Crippen LogP contribution in [0.3, 0.4) is 0 Å². The number of phenols is 2. The second-order valence-electron chi connectivity index (χ2n) is 6.53. The lowest BCUT2D eigenvalue weighted by molar-refractivity contribution is -0.117.